The van der Waals surface area contributed by atoms with Crippen LogP contribution in [0, 0.1) is 29.1 Å². The van der Waals surface area contributed by atoms with Crippen LogP contribution in [0.1, 0.15) is 58.8 Å². The molecule has 0 saturated heterocycles. The molecule has 14 heavy (non-hydrogen) atoms. The molecule has 0 radical (unpaired) electrons. The summed E-state index contributed by atoms with van der Waals surface area (Å²) in [4.78, 5) is 0. The minimum atomic E-state index is 0.809. The summed E-state index contributed by atoms with van der Waals surface area (Å²) in [5, 5.41) is 0. The molecule has 0 aromatic carbocycles. The first kappa shape index (κ1) is 9.24. The van der Waals surface area contributed by atoms with E-state index in [9.17, 15) is 0 Å². The number of hydrogen-bond acceptors (Lipinski definition) is 0. The second-order valence-corrected chi connectivity index (χ2v) is 6.59. The van der Waals surface area contributed by atoms with Crippen molar-refractivity contribution in [3.05, 3.63) is 0 Å². The summed E-state index contributed by atoms with van der Waals surface area (Å²) in [6.07, 6.45) is 11.0. The van der Waals surface area contributed by atoms with E-state index < -0.39 is 0 Å². The Morgan fingerprint density at radius 2 is 1.43 bits per heavy atom. The predicted octanol–water partition coefficient (Wildman–Crippen LogP) is 4.25. The zero-order chi connectivity index (χ0) is 9.76. The molecule has 4 bridgehead atoms. The van der Waals surface area contributed by atoms with Crippen LogP contribution in [0.3, 0.4) is 0 Å². The quantitative estimate of drug-likeness (QED) is 0.613. The maximum Gasteiger partial charge on any atom is -0.0264 e. The van der Waals surface area contributed by atoms with Gasteiger partial charge in [-0.3, -0.25) is 0 Å². The Bertz CT molecular complexity index is 193. The van der Waals surface area contributed by atoms with Crippen molar-refractivity contribution in [3.8, 4) is 0 Å². The van der Waals surface area contributed by atoms with Gasteiger partial charge in [-0.15, -0.1) is 0 Å². The van der Waals surface area contributed by atoms with E-state index in [2.05, 4.69) is 13.8 Å². The smallest absolute Gasteiger partial charge is 0.0264 e. The number of rotatable bonds is 2. The average Bonchev–Trinajstić information content (AvgIpc) is 2.14. The zero-order valence-electron chi connectivity index (χ0n) is 9.76. The maximum atomic E-state index is 2.52. The van der Waals surface area contributed by atoms with Crippen LogP contribution in [-0.2, 0) is 0 Å². The van der Waals surface area contributed by atoms with E-state index in [-0.39, 0.29) is 0 Å². The fraction of sp³-hybridized carbons (Fsp3) is 1.00. The largest absolute Gasteiger partial charge is 0.0651 e. The van der Waals surface area contributed by atoms with Gasteiger partial charge in [0.1, 0.15) is 0 Å². The van der Waals surface area contributed by atoms with Crippen molar-refractivity contribution >= 4 is 0 Å². The highest BCUT2D eigenvalue weighted by Crippen LogP contribution is 2.63. The molecule has 4 saturated carbocycles. The van der Waals surface area contributed by atoms with Crippen LogP contribution < -0.4 is 0 Å². The highest BCUT2D eigenvalue weighted by molar-refractivity contribution is 5.02. The van der Waals surface area contributed by atoms with Gasteiger partial charge in [-0.2, -0.15) is 0 Å². The van der Waals surface area contributed by atoms with E-state index in [0.29, 0.717) is 0 Å². The molecule has 4 fully saturated rings. The third-order valence-corrected chi connectivity index (χ3v) is 5.74. The van der Waals surface area contributed by atoms with Crippen LogP contribution in [-0.4, -0.2) is 0 Å². The summed E-state index contributed by atoms with van der Waals surface area (Å²) in [6, 6.07) is 0. The molecule has 0 heterocycles. The van der Waals surface area contributed by atoms with E-state index in [4.69, 9.17) is 0 Å². The Morgan fingerprint density at radius 1 is 1.00 bits per heavy atom. The third-order valence-electron chi connectivity index (χ3n) is 5.74. The van der Waals surface area contributed by atoms with Gasteiger partial charge in [0.15, 0.2) is 0 Å². The second-order valence-electron chi connectivity index (χ2n) is 6.59. The van der Waals surface area contributed by atoms with Crippen molar-refractivity contribution in [3.63, 3.8) is 0 Å². The molecular weight excluding hydrogens is 168 g/mol. The molecule has 0 aliphatic heterocycles. The zero-order valence-corrected chi connectivity index (χ0v) is 9.76. The van der Waals surface area contributed by atoms with Crippen molar-refractivity contribution in [2.75, 3.05) is 0 Å². The van der Waals surface area contributed by atoms with Crippen LogP contribution >= 0.6 is 0 Å². The predicted molar refractivity (Wildman–Crippen MR) is 60.1 cm³/mol. The summed E-state index contributed by atoms with van der Waals surface area (Å²) in [5.74, 6) is 4.40. The SMILES string of the molecule is CCC(C)C12CC3CC(CC(C3)C1)C2. The van der Waals surface area contributed by atoms with Gasteiger partial charge in [0.2, 0.25) is 0 Å². The molecule has 0 amide bonds. The van der Waals surface area contributed by atoms with Gasteiger partial charge < -0.3 is 0 Å². The Balaban J connectivity index is 1.87. The number of hydrogen-bond donors (Lipinski definition) is 0. The molecular formula is C14H24. The fourth-order valence-electron chi connectivity index (χ4n) is 5.21. The second kappa shape index (κ2) is 3.00. The van der Waals surface area contributed by atoms with E-state index >= 15 is 0 Å². The monoisotopic (exact) mass is 192 g/mol. The van der Waals surface area contributed by atoms with Gasteiger partial charge in [0.25, 0.3) is 0 Å². The first-order chi connectivity index (χ1) is 6.72. The molecule has 0 N–H and O–H groups in total. The Labute approximate surface area is 88.5 Å². The van der Waals surface area contributed by atoms with E-state index in [1.807, 2.05) is 0 Å². The van der Waals surface area contributed by atoms with Gasteiger partial charge in [-0.25, -0.2) is 0 Å². The Kier molecular flexibility index (Phi) is 1.98. The standard InChI is InChI=1S/C14H24/c1-3-10(2)14-7-11-4-12(8-14)6-13(5-11)9-14/h10-13H,3-9H2,1-2H3. The third kappa shape index (κ3) is 1.19. The molecule has 1 unspecified atom stereocenters. The van der Waals surface area contributed by atoms with E-state index in [1.165, 1.54) is 6.42 Å². The lowest BCUT2D eigenvalue weighted by molar-refractivity contribution is -0.0837. The molecule has 1 atom stereocenters. The molecule has 4 rings (SSSR count). The first-order valence-corrected chi connectivity index (χ1v) is 6.72. The molecule has 80 valence electrons. The van der Waals surface area contributed by atoms with Gasteiger partial charge in [0.05, 0.1) is 0 Å². The highest BCUT2D eigenvalue weighted by Gasteiger charge is 2.52. The van der Waals surface area contributed by atoms with Gasteiger partial charge in [-0.1, -0.05) is 20.3 Å². The summed E-state index contributed by atoms with van der Waals surface area (Å²) < 4.78 is 0. The topological polar surface area (TPSA) is 0 Å². The molecule has 4 aliphatic rings. The van der Waals surface area contributed by atoms with Crippen molar-refractivity contribution in [1.82, 2.24) is 0 Å². The molecule has 0 spiro atoms. The lowest BCUT2D eigenvalue weighted by atomic mass is 9.46. The van der Waals surface area contributed by atoms with Crippen molar-refractivity contribution in [1.29, 1.82) is 0 Å². The van der Waals surface area contributed by atoms with E-state index in [1.54, 1.807) is 38.5 Å². The molecule has 0 heteroatoms. The fourth-order valence-corrected chi connectivity index (χ4v) is 5.21. The van der Waals surface area contributed by atoms with Crippen molar-refractivity contribution in [2.24, 2.45) is 29.1 Å². The summed E-state index contributed by atoms with van der Waals surface area (Å²) in [7, 11) is 0. The van der Waals surface area contributed by atoms with Crippen LogP contribution in [0.5, 0.6) is 0 Å². The van der Waals surface area contributed by atoms with Crippen molar-refractivity contribution < 1.29 is 0 Å². The lowest BCUT2D eigenvalue weighted by Crippen LogP contribution is -2.48. The molecule has 0 aromatic rings. The van der Waals surface area contributed by atoms with Crippen LogP contribution in [0.2, 0.25) is 0 Å². The lowest BCUT2D eigenvalue weighted by Gasteiger charge is -2.59. The first-order valence-electron chi connectivity index (χ1n) is 6.72. The van der Waals surface area contributed by atoms with Gasteiger partial charge in [0, 0.05) is 0 Å². The van der Waals surface area contributed by atoms with Crippen molar-refractivity contribution in [2.45, 2.75) is 58.8 Å². The van der Waals surface area contributed by atoms with Gasteiger partial charge in [-0.05, 0) is 67.6 Å². The summed E-state index contributed by atoms with van der Waals surface area (Å²) in [6.45, 7) is 4.91. The molecule has 4 aliphatic carbocycles. The summed E-state index contributed by atoms with van der Waals surface area (Å²) in [5.41, 5.74) is 0.809. The maximum absolute atomic E-state index is 2.52. The van der Waals surface area contributed by atoms with Crippen LogP contribution in [0.4, 0.5) is 0 Å². The highest BCUT2D eigenvalue weighted by atomic mass is 14.6. The Hall–Kier alpha value is 0. The summed E-state index contributed by atoms with van der Waals surface area (Å²) >= 11 is 0. The van der Waals surface area contributed by atoms with E-state index in [0.717, 1.165) is 29.1 Å². The molecule has 0 nitrogen and oxygen atoms in total. The average molecular weight is 192 g/mol. The minimum Gasteiger partial charge on any atom is -0.0651 e. The molecule has 0 aromatic heterocycles. The van der Waals surface area contributed by atoms with Crippen LogP contribution in [0.25, 0.3) is 0 Å². The van der Waals surface area contributed by atoms with Crippen LogP contribution in [0.15, 0.2) is 0 Å². The Morgan fingerprint density at radius 3 is 1.79 bits per heavy atom. The van der Waals surface area contributed by atoms with Gasteiger partial charge >= 0.3 is 0 Å². The normalized spacial score (nSPS) is 52.3. The minimum absolute atomic E-state index is 0.809.